The van der Waals surface area contributed by atoms with Crippen molar-refractivity contribution in [3.63, 3.8) is 0 Å². The molecule has 1 aliphatic heterocycles. The number of nitrogens with zero attached hydrogens (tertiary/aromatic N) is 1. The zero-order valence-corrected chi connectivity index (χ0v) is 10.1. The van der Waals surface area contributed by atoms with Crippen molar-refractivity contribution in [2.75, 3.05) is 26.2 Å². The molecule has 1 N–H and O–H groups in total. The van der Waals surface area contributed by atoms with E-state index in [1.54, 1.807) is 4.90 Å². The molecule has 5 heteroatoms. The number of rotatable bonds is 1. The molecule has 0 aromatic rings. The molecule has 0 spiro atoms. The topological polar surface area (TPSA) is 32.3 Å². The van der Waals surface area contributed by atoms with E-state index in [9.17, 15) is 13.6 Å². The van der Waals surface area contributed by atoms with E-state index in [0.29, 0.717) is 25.9 Å². The maximum absolute atomic E-state index is 13.3. The Kier molecular flexibility index (Phi) is 3.97. The van der Waals surface area contributed by atoms with E-state index in [2.05, 4.69) is 5.32 Å². The third kappa shape index (κ3) is 3.37. The van der Waals surface area contributed by atoms with Gasteiger partial charge in [-0.05, 0) is 25.8 Å². The molecule has 2 aliphatic rings. The summed E-state index contributed by atoms with van der Waals surface area (Å²) in [6.45, 7) is 3.04. The smallest absolute Gasteiger partial charge is 0.248 e. The molecule has 0 radical (unpaired) electrons. The van der Waals surface area contributed by atoms with Crippen LogP contribution in [0.5, 0.6) is 0 Å². The fourth-order valence-electron chi connectivity index (χ4n) is 2.71. The number of hydrogen-bond donors (Lipinski definition) is 1. The molecular formula is C12H20F2N2O. The zero-order chi connectivity index (χ0) is 12.3. The molecular weight excluding hydrogens is 226 g/mol. The van der Waals surface area contributed by atoms with Gasteiger partial charge in [-0.2, -0.15) is 0 Å². The van der Waals surface area contributed by atoms with Gasteiger partial charge in [0.25, 0.3) is 0 Å². The van der Waals surface area contributed by atoms with Gasteiger partial charge < -0.3 is 10.2 Å². The summed E-state index contributed by atoms with van der Waals surface area (Å²) in [6.07, 6.45) is 1.69. The molecule has 2 rings (SSSR count). The molecule has 1 atom stereocenters. The van der Waals surface area contributed by atoms with Gasteiger partial charge in [-0.15, -0.1) is 0 Å². The lowest BCUT2D eigenvalue weighted by molar-refractivity contribution is -0.142. The number of nitrogens with one attached hydrogen (secondary N) is 1. The highest BCUT2D eigenvalue weighted by molar-refractivity contribution is 5.79. The minimum Gasteiger partial charge on any atom is -0.341 e. The van der Waals surface area contributed by atoms with Crippen LogP contribution in [-0.2, 0) is 4.79 Å². The van der Waals surface area contributed by atoms with Crippen molar-refractivity contribution in [3.05, 3.63) is 0 Å². The molecule has 98 valence electrons. The van der Waals surface area contributed by atoms with Crippen LogP contribution in [0.1, 0.15) is 32.1 Å². The first kappa shape index (κ1) is 12.7. The van der Waals surface area contributed by atoms with Gasteiger partial charge >= 0.3 is 0 Å². The third-order valence-electron chi connectivity index (χ3n) is 3.64. The predicted octanol–water partition coefficient (Wildman–Crippen LogP) is 1.63. The maximum atomic E-state index is 13.3. The van der Waals surface area contributed by atoms with Crippen molar-refractivity contribution in [2.24, 2.45) is 5.92 Å². The van der Waals surface area contributed by atoms with Crippen LogP contribution >= 0.6 is 0 Å². The molecule has 1 aliphatic carbocycles. The first-order chi connectivity index (χ1) is 8.08. The second-order valence-corrected chi connectivity index (χ2v) is 5.08. The SMILES string of the molecule is O=C(C1CCCC(F)(F)C1)N1CCCNCC1. The molecule has 1 unspecified atom stereocenters. The van der Waals surface area contributed by atoms with E-state index in [1.807, 2.05) is 0 Å². The quantitative estimate of drug-likeness (QED) is 0.762. The van der Waals surface area contributed by atoms with Crippen molar-refractivity contribution >= 4 is 5.91 Å². The van der Waals surface area contributed by atoms with Gasteiger partial charge in [0.2, 0.25) is 11.8 Å². The molecule has 1 heterocycles. The summed E-state index contributed by atoms with van der Waals surface area (Å²) in [5.41, 5.74) is 0. The summed E-state index contributed by atoms with van der Waals surface area (Å²) >= 11 is 0. The van der Waals surface area contributed by atoms with Gasteiger partial charge in [0.05, 0.1) is 0 Å². The average Bonchev–Trinajstić information content (AvgIpc) is 2.55. The van der Waals surface area contributed by atoms with E-state index >= 15 is 0 Å². The largest absolute Gasteiger partial charge is 0.341 e. The Hall–Kier alpha value is -0.710. The van der Waals surface area contributed by atoms with Crippen LogP contribution < -0.4 is 5.32 Å². The summed E-state index contributed by atoms with van der Waals surface area (Å²) in [7, 11) is 0. The lowest BCUT2D eigenvalue weighted by Gasteiger charge is -2.32. The standard InChI is InChI=1S/C12H20F2N2O/c13-12(14)4-1-3-10(9-12)11(17)16-7-2-5-15-6-8-16/h10,15H,1-9H2. The first-order valence-corrected chi connectivity index (χ1v) is 6.46. The van der Waals surface area contributed by atoms with Crippen LogP contribution in [0.3, 0.4) is 0 Å². The van der Waals surface area contributed by atoms with Crippen LogP contribution in [0.15, 0.2) is 0 Å². The number of carbonyl (C=O) groups excluding carboxylic acids is 1. The Morgan fingerprint density at radius 3 is 2.82 bits per heavy atom. The fraction of sp³-hybridized carbons (Fsp3) is 0.917. The molecule has 0 aromatic carbocycles. The van der Waals surface area contributed by atoms with Crippen LogP contribution in [0, 0.1) is 5.92 Å². The fourth-order valence-corrected chi connectivity index (χ4v) is 2.71. The molecule has 17 heavy (non-hydrogen) atoms. The summed E-state index contributed by atoms with van der Waals surface area (Å²) in [5, 5.41) is 3.21. The second kappa shape index (κ2) is 5.29. The lowest BCUT2D eigenvalue weighted by atomic mass is 9.85. The van der Waals surface area contributed by atoms with Crippen LogP contribution in [0.4, 0.5) is 8.78 Å². The maximum Gasteiger partial charge on any atom is 0.248 e. The van der Waals surface area contributed by atoms with Crippen LogP contribution in [-0.4, -0.2) is 42.9 Å². The molecule has 1 saturated carbocycles. The Morgan fingerprint density at radius 2 is 2.06 bits per heavy atom. The molecule has 3 nitrogen and oxygen atoms in total. The predicted molar refractivity (Wildman–Crippen MR) is 61.0 cm³/mol. The van der Waals surface area contributed by atoms with Crippen molar-refractivity contribution in [1.82, 2.24) is 10.2 Å². The number of amides is 1. The van der Waals surface area contributed by atoms with Gasteiger partial charge in [-0.3, -0.25) is 4.79 Å². The van der Waals surface area contributed by atoms with Crippen molar-refractivity contribution in [3.8, 4) is 0 Å². The highest BCUT2D eigenvalue weighted by Crippen LogP contribution is 2.37. The molecule has 0 aromatic heterocycles. The van der Waals surface area contributed by atoms with Crippen molar-refractivity contribution in [2.45, 2.75) is 38.0 Å². The summed E-state index contributed by atoms with van der Waals surface area (Å²) in [5.74, 6) is -3.16. The molecule has 1 amide bonds. The molecule has 0 bridgehead atoms. The molecule has 2 fully saturated rings. The average molecular weight is 246 g/mol. The minimum atomic E-state index is -2.64. The van der Waals surface area contributed by atoms with Crippen molar-refractivity contribution < 1.29 is 13.6 Å². The monoisotopic (exact) mass is 246 g/mol. The van der Waals surface area contributed by atoms with Crippen LogP contribution in [0.2, 0.25) is 0 Å². The highest BCUT2D eigenvalue weighted by atomic mass is 19.3. The number of hydrogen-bond acceptors (Lipinski definition) is 2. The Bertz CT molecular complexity index is 276. The second-order valence-electron chi connectivity index (χ2n) is 5.08. The number of alkyl halides is 2. The lowest BCUT2D eigenvalue weighted by Crippen LogP contribution is -2.42. The van der Waals surface area contributed by atoms with E-state index in [0.717, 1.165) is 19.5 Å². The number of halogens is 2. The molecule has 1 saturated heterocycles. The first-order valence-electron chi connectivity index (χ1n) is 6.46. The van der Waals surface area contributed by atoms with Crippen LogP contribution in [0.25, 0.3) is 0 Å². The van der Waals surface area contributed by atoms with Gasteiger partial charge in [0.1, 0.15) is 0 Å². The highest BCUT2D eigenvalue weighted by Gasteiger charge is 2.40. The Morgan fingerprint density at radius 1 is 1.24 bits per heavy atom. The van der Waals surface area contributed by atoms with E-state index in [-0.39, 0.29) is 18.7 Å². The van der Waals surface area contributed by atoms with E-state index in [1.165, 1.54) is 0 Å². The summed E-state index contributed by atoms with van der Waals surface area (Å²) in [6, 6.07) is 0. The van der Waals surface area contributed by atoms with Gasteiger partial charge in [0, 0.05) is 38.4 Å². The van der Waals surface area contributed by atoms with Crippen molar-refractivity contribution in [1.29, 1.82) is 0 Å². The Balaban J connectivity index is 1.93. The third-order valence-corrected chi connectivity index (χ3v) is 3.64. The van der Waals surface area contributed by atoms with E-state index < -0.39 is 11.8 Å². The zero-order valence-electron chi connectivity index (χ0n) is 10.1. The number of carbonyl (C=O) groups is 1. The van der Waals surface area contributed by atoms with Gasteiger partial charge in [-0.1, -0.05) is 0 Å². The summed E-state index contributed by atoms with van der Waals surface area (Å²) < 4.78 is 26.6. The van der Waals surface area contributed by atoms with Gasteiger partial charge in [0.15, 0.2) is 0 Å². The summed E-state index contributed by atoms with van der Waals surface area (Å²) in [4.78, 5) is 13.9. The Labute approximate surface area is 101 Å². The van der Waals surface area contributed by atoms with E-state index in [4.69, 9.17) is 0 Å². The normalized spacial score (nSPS) is 29.8. The van der Waals surface area contributed by atoms with Gasteiger partial charge in [-0.25, -0.2) is 8.78 Å². The minimum absolute atomic E-state index is 0.0572.